The van der Waals surface area contributed by atoms with Crippen LogP contribution in [0.3, 0.4) is 0 Å². The van der Waals surface area contributed by atoms with Gasteiger partial charge in [-0.2, -0.15) is 0 Å². The quantitative estimate of drug-likeness (QED) is 0.614. The minimum atomic E-state index is -0.492. The SMILES string of the molecule is CCOC(=O)N1CCN([C@H](c2ccncc2)c2c(O)cc(C)n(Cc3ccco3)c2=O)CC1. The summed E-state index contributed by atoms with van der Waals surface area (Å²) in [4.78, 5) is 33.7. The molecular formula is C24H28N4O5. The summed E-state index contributed by atoms with van der Waals surface area (Å²) < 4.78 is 12.2. The fourth-order valence-electron chi connectivity index (χ4n) is 4.26. The van der Waals surface area contributed by atoms with Crippen LogP contribution in [-0.2, 0) is 11.3 Å². The smallest absolute Gasteiger partial charge is 0.409 e. The summed E-state index contributed by atoms with van der Waals surface area (Å²) in [7, 11) is 0. The molecule has 1 fully saturated rings. The molecule has 174 valence electrons. The molecule has 0 spiro atoms. The lowest BCUT2D eigenvalue weighted by atomic mass is 9.96. The summed E-state index contributed by atoms with van der Waals surface area (Å²) in [6.45, 7) is 6.14. The number of hydrogen-bond donors (Lipinski definition) is 1. The number of furan rings is 1. The van der Waals surface area contributed by atoms with Gasteiger partial charge in [-0.3, -0.25) is 14.7 Å². The van der Waals surface area contributed by atoms with Crippen molar-refractivity contribution >= 4 is 6.09 Å². The number of aromatic nitrogens is 2. The van der Waals surface area contributed by atoms with Crippen molar-refractivity contribution in [1.29, 1.82) is 0 Å². The topological polar surface area (TPSA) is 101 Å². The Morgan fingerprint density at radius 2 is 1.94 bits per heavy atom. The van der Waals surface area contributed by atoms with Crippen LogP contribution in [0.4, 0.5) is 4.79 Å². The Bertz CT molecular complexity index is 1140. The number of pyridine rings is 2. The van der Waals surface area contributed by atoms with Crippen LogP contribution in [0.25, 0.3) is 0 Å². The summed E-state index contributed by atoms with van der Waals surface area (Å²) in [6, 6.07) is 8.40. The fourth-order valence-corrected chi connectivity index (χ4v) is 4.26. The maximum Gasteiger partial charge on any atom is 0.409 e. The Labute approximate surface area is 191 Å². The van der Waals surface area contributed by atoms with Crippen LogP contribution in [0.1, 0.15) is 35.5 Å². The number of amides is 1. The summed E-state index contributed by atoms with van der Waals surface area (Å²) in [5.41, 5.74) is 1.50. The zero-order chi connectivity index (χ0) is 23.4. The number of rotatable bonds is 6. The lowest BCUT2D eigenvalue weighted by molar-refractivity contribution is 0.0709. The second-order valence-electron chi connectivity index (χ2n) is 7.96. The van der Waals surface area contributed by atoms with Gasteiger partial charge in [0, 0.05) is 44.3 Å². The van der Waals surface area contributed by atoms with E-state index in [2.05, 4.69) is 9.88 Å². The number of ether oxygens (including phenoxy) is 1. The van der Waals surface area contributed by atoms with Gasteiger partial charge in [-0.1, -0.05) is 0 Å². The van der Waals surface area contributed by atoms with Crippen molar-refractivity contribution in [2.75, 3.05) is 32.8 Å². The Hall–Kier alpha value is -3.59. The number of carbonyl (C=O) groups is 1. The van der Waals surface area contributed by atoms with Crippen LogP contribution >= 0.6 is 0 Å². The minimum Gasteiger partial charge on any atom is -0.507 e. The van der Waals surface area contributed by atoms with Gasteiger partial charge in [0.1, 0.15) is 11.5 Å². The number of hydrogen-bond acceptors (Lipinski definition) is 7. The van der Waals surface area contributed by atoms with E-state index in [4.69, 9.17) is 9.15 Å². The average Bonchev–Trinajstić information content (AvgIpc) is 3.34. The van der Waals surface area contributed by atoms with E-state index < -0.39 is 6.04 Å². The molecule has 0 radical (unpaired) electrons. The zero-order valence-corrected chi connectivity index (χ0v) is 18.8. The molecule has 1 aliphatic heterocycles. The molecule has 1 aliphatic rings. The number of piperazine rings is 1. The van der Waals surface area contributed by atoms with E-state index in [1.165, 1.54) is 0 Å². The first-order valence-electron chi connectivity index (χ1n) is 11.0. The Balaban J connectivity index is 1.72. The Kier molecular flexibility index (Phi) is 6.79. The molecule has 4 heterocycles. The number of aryl methyl sites for hydroxylation is 1. The van der Waals surface area contributed by atoms with E-state index >= 15 is 0 Å². The molecule has 3 aromatic rings. The number of carbonyl (C=O) groups excluding carboxylic acids is 1. The van der Waals surface area contributed by atoms with E-state index in [0.717, 1.165) is 5.56 Å². The van der Waals surface area contributed by atoms with Gasteiger partial charge in [-0.25, -0.2) is 4.79 Å². The predicted molar refractivity (Wildman–Crippen MR) is 121 cm³/mol. The molecule has 9 heteroatoms. The largest absolute Gasteiger partial charge is 0.507 e. The molecule has 0 aliphatic carbocycles. The van der Waals surface area contributed by atoms with E-state index in [1.54, 1.807) is 54.1 Å². The highest BCUT2D eigenvalue weighted by atomic mass is 16.6. The first kappa shape index (κ1) is 22.6. The van der Waals surface area contributed by atoms with Crippen LogP contribution < -0.4 is 5.56 Å². The van der Waals surface area contributed by atoms with Gasteiger partial charge in [0.2, 0.25) is 0 Å². The van der Waals surface area contributed by atoms with Gasteiger partial charge in [-0.05, 0) is 49.7 Å². The van der Waals surface area contributed by atoms with Crippen LogP contribution in [0.5, 0.6) is 5.75 Å². The summed E-state index contributed by atoms with van der Waals surface area (Å²) in [6.07, 6.45) is 4.57. The second kappa shape index (κ2) is 9.91. The Morgan fingerprint density at radius 1 is 1.21 bits per heavy atom. The highest BCUT2D eigenvalue weighted by Gasteiger charge is 2.32. The maximum absolute atomic E-state index is 13.7. The lowest BCUT2D eigenvalue weighted by Crippen LogP contribution is -2.50. The van der Waals surface area contributed by atoms with Crippen molar-refractivity contribution in [3.05, 3.63) is 81.9 Å². The van der Waals surface area contributed by atoms with Crippen LogP contribution in [0, 0.1) is 6.92 Å². The number of nitrogens with zero attached hydrogens (tertiary/aromatic N) is 4. The monoisotopic (exact) mass is 452 g/mol. The molecule has 0 saturated carbocycles. The van der Waals surface area contributed by atoms with Crippen molar-refractivity contribution in [3.8, 4) is 5.75 Å². The van der Waals surface area contributed by atoms with E-state index in [0.29, 0.717) is 49.8 Å². The van der Waals surface area contributed by atoms with Crippen LogP contribution in [-0.4, -0.2) is 63.3 Å². The van der Waals surface area contributed by atoms with Crippen molar-refractivity contribution < 1.29 is 19.1 Å². The van der Waals surface area contributed by atoms with Gasteiger partial charge in [0.25, 0.3) is 5.56 Å². The fraction of sp³-hybridized carbons (Fsp3) is 0.375. The molecule has 0 unspecified atom stereocenters. The molecule has 4 rings (SSSR count). The molecule has 33 heavy (non-hydrogen) atoms. The van der Waals surface area contributed by atoms with Crippen molar-refractivity contribution in [3.63, 3.8) is 0 Å². The maximum atomic E-state index is 13.7. The Morgan fingerprint density at radius 3 is 2.58 bits per heavy atom. The van der Waals surface area contributed by atoms with Gasteiger partial charge < -0.3 is 23.7 Å². The highest BCUT2D eigenvalue weighted by Crippen LogP contribution is 2.33. The first-order chi connectivity index (χ1) is 16.0. The molecule has 1 amide bonds. The molecular weight excluding hydrogens is 424 g/mol. The third-order valence-corrected chi connectivity index (χ3v) is 5.92. The van der Waals surface area contributed by atoms with Crippen molar-refractivity contribution in [2.45, 2.75) is 26.4 Å². The normalized spacial score (nSPS) is 15.4. The summed E-state index contributed by atoms with van der Waals surface area (Å²) in [5.74, 6) is 0.600. The predicted octanol–water partition coefficient (Wildman–Crippen LogP) is 2.76. The standard InChI is InChI=1S/C24H28N4O5/c1-3-32-24(31)27-12-10-26(11-13-27)22(18-6-8-25-9-7-18)21-20(29)15-17(2)28(23(21)30)16-19-5-4-14-33-19/h4-9,14-15,22,29H,3,10-13,16H2,1-2H3/t22-/m1/s1. The number of aromatic hydroxyl groups is 1. The molecule has 0 bridgehead atoms. The second-order valence-corrected chi connectivity index (χ2v) is 7.96. The molecule has 9 nitrogen and oxygen atoms in total. The van der Waals surface area contributed by atoms with Gasteiger partial charge in [0.05, 0.1) is 31.0 Å². The van der Waals surface area contributed by atoms with Crippen LogP contribution in [0.2, 0.25) is 0 Å². The molecule has 1 atom stereocenters. The highest BCUT2D eigenvalue weighted by molar-refractivity contribution is 5.67. The molecule has 1 N–H and O–H groups in total. The molecule has 0 aromatic carbocycles. The molecule has 1 saturated heterocycles. The van der Waals surface area contributed by atoms with Gasteiger partial charge in [-0.15, -0.1) is 0 Å². The zero-order valence-electron chi connectivity index (χ0n) is 18.8. The van der Waals surface area contributed by atoms with E-state index in [9.17, 15) is 14.7 Å². The third kappa shape index (κ3) is 4.78. The van der Waals surface area contributed by atoms with Crippen molar-refractivity contribution in [1.82, 2.24) is 19.4 Å². The average molecular weight is 453 g/mol. The van der Waals surface area contributed by atoms with Crippen LogP contribution in [0.15, 0.2) is 58.2 Å². The van der Waals surface area contributed by atoms with Gasteiger partial charge >= 0.3 is 6.09 Å². The summed E-state index contributed by atoms with van der Waals surface area (Å²) in [5, 5.41) is 10.9. The van der Waals surface area contributed by atoms with Crippen molar-refractivity contribution in [2.24, 2.45) is 0 Å². The third-order valence-electron chi connectivity index (χ3n) is 5.92. The minimum absolute atomic E-state index is 0.0529. The lowest BCUT2D eigenvalue weighted by Gasteiger charge is -2.39. The van der Waals surface area contributed by atoms with E-state index in [1.807, 2.05) is 18.2 Å². The molecule has 3 aromatic heterocycles. The first-order valence-corrected chi connectivity index (χ1v) is 11.0. The van der Waals surface area contributed by atoms with Gasteiger partial charge in [0.15, 0.2) is 0 Å². The van der Waals surface area contributed by atoms with E-state index in [-0.39, 0.29) is 23.9 Å². The summed E-state index contributed by atoms with van der Waals surface area (Å²) >= 11 is 0.